The van der Waals surface area contributed by atoms with Crippen molar-refractivity contribution in [2.75, 3.05) is 0 Å². The number of halogens is 3. The summed E-state index contributed by atoms with van der Waals surface area (Å²) in [6.45, 7) is 0. The molecule has 0 aliphatic carbocycles. The summed E-state index contributed by atoms with van der Waals surface area (Å²) in [5.41, 5.74) is 0. The maximum absolute atomic E-state index is 11.9. The second-order valence-corrected chi connectivity index (χ2v) is 5.86. The Morgan fingerprint density at radius 1 is 0.786 bits per heavy atom. The smallest absolute Gasteiger partial charge is 0.190 e. The Balaban J connectivity index is 6.03. The maximum atomic E-state index is 11.9. The molecule has 0 N–H and O–H groups in total. The minimum atomic E-state index is -6.18. The lowest BCUT2D eigenvalue weighted by Crippen LogP contribution is -2.07. The van der Waals surface area contributed by atoms with Gasteiger partial charge >= 0.3 is 30.7 Å². The molecule has 14 heavy (non-hydrogen) atoms. The third kappa shape index (κ3) is 4.57. The summed E-state index contributed by atoms with van der Waals surface area (Å²) >= 11 is 0. The zero-order valence-electron chi connectivity index (χ0n) is 5.89. The lowest BCUT2D eigenvalue weighted by molar-refractivity contribution is 0.546. The van der Waals surface area contributed by atoms with Gasteiger partial charge < -0.3 is 0 Å². The van der Waals surface area contributed by atoms with Crippen molar-refractivity contribution >= 4 is 30.7 Å². The Morgan fingerprint density at radius 3 is 1.14 bits per heavy atom. The van der Waals surface area contributed by atoms with Crippen LogP contribution in [0.15, 0.2) is 9.65 Å². The van der Waals surface area contributed by atoms with E-state index in [1.807, 2.05) is 0 Å². The SMILES string of the molecule is O=S(=O)(F)C=C(S(=O)(=O)F)S(=O)(=O)F. The zero-order valence-corrected chi connectivity index (χ0v) is 8.33. The van der Waals surface area contributed by atoms with Crippen LogP contribution in [0, 0.1) is 0 Å². The molecule has 0 atom stereocenters. The van der Waals surface area contributed by atoms with Gasteiger partial charge in [0.25, 0.3) is 0 Å². The summed E-state index contributed by atoms with van der Waals surface area (Å²) in [6, 6.07) is 0. The third-order valence-electron chi connectivity index (χ3n) is 0.718. The predicted molar refractivity (Wildman–Crippen MR) is 38.2 cm³/mol. The number of hydrogen-bond donors (Lipinski definition) is 0. The molecule has 0 aromatic carbocycles. The van der Waals surface area contributed by atoms with E-state index >= 15 is 0 Å². The van der Waals surface area contributed by atoms with Crippen molar-refractivity contribution in [3.05, 3.63) is 9.65 Å². The highest BCUT2D eigenvalue weighted by atomic mass is 32.3. The fourth-order valence-electron chi connectivity index (χ4n) is 0.349. The summed E-state index contributed by atoms with van der Waals surface area (Å²) in [5, 5.41) is -1.18. The zero-order chi connectivity index (χ0) is 11.8. The highest BCUT2D eigenvalue weighted by Crippen LogP contribution is 2.20. The maximum Gasteiger partial charge on any atom is 0.346 e. The van der Waals surface area contributed by atoms with Gasteiger partial charge in [0.15, 0.2) is 0 Å². The molecule has 0 aromatic heterocycles. The van der Waals surface area contributed by atoms with Crippen molar-refractivity contribution in [2.24, 2.45) is 0 Å². The average Bonchev–Trinajstić information content (AvgIpc) is 1.75. The molecular formula is C2HF3O6S3. The summed E-state index contributed by atoms with van der Waals surface area (Å²) in [4.78, 5) is 0. The molecular weight excluding hydrogens is 273 g/mol. The molecule has 0 heterocycles. The third-order valence-corrected chi connectivity index (χ3v) is 3.92. The Bertz CT molecular complexity index is 515. The fourth-order valence-corrected chi connectivity index (χ4v) is 3.14. The van der Waals surface area contributed by atoms with E-state index in [9.17, 15) is 36.9 Å². The van der Waals surface area contributed by atoms with Gasteiger partial charge in [-0.05, 0) is 0 Å². The van der Waals surface area contributed by atoms with Gasteiger partial charge in [0.1, 0.15) is 0 Å². The molecule has 0 radical (unpaired) electrons. The topological polar surface area (TPSA) is 102 Å². The molecule has 0 aliphatic heterocycles. The molecule has 84 valence electrons. The fraction of sp³-hybridized carbons (Fsp3) is 0. The Morgan fingerprint density at radius 2 is 1.07 bits per heavy atom. The molecule has 0 unspecified atom stereocenters. The molecule has 0 amide bonds. The van der Waals surface area contributed by atoms with Crippen molar-refractivity contribution in [2.45, 2.75) is 0 Å². The molecule has 0 aromatic rings. The summed E-state index contributed by atoms with van der Waals surface area (Å²) in [6.07, 6.45) is 0. The van der Waals surface area contributed by atoms with E-state index in [2.05, 4.69) is 0 Å². The Hall–Kier alpha value is -0.620. The van der Waals surface area contributed by atoms with Crippen LogP contribution in [0.25, 0.3) is 0 Å². The molecule has 12 heteroatoms. The van der Waals surface area contributed by atoms with Gasteiger partial charge in [0.2, 0.25) is 4.24 Å². The Labute approximate surface area is 77.7 Å². The summed E-state index contributed by atoms with van der Waals surface area (Å²) in [7, 11) is -18.1. The van der Waals surface area contributed by atoms with E-state index in [4.69, 9.17) is 0 Å². The summed E-state index contributed by atoms with van der Waals surface area (Å²) < 4.78 is 91.7. The van der Waals surface area contributed by atoms with Gasteiger partial charge in [-0.1, -0.05) is 7.77 Å². The molecule has 0 rings (SSSR count). The molecule has 0 aliphatic rings. The second-order valence-electron chi connectivity index (χ2n) is 1.79. The summed E-state index contributed by atoms with van der Waals surface area (Å²) in [5.74, 6) is 0. The van der Waals surface area contributed by atoms with Crippen LogP contribution in [0.5, 0.6) is 0 Å². The van der Waals surface area contributed by atoms with Gasteiger partial charge in [-0.3, -0.25) is 0 Å². The van der Waals surface area contributed by atoms with Crippen molar-refractivity contribution in [3.8, 4) is 0 Å². The average molecular weight is 274 g/mol. The second kappa shape index (κ2) is 3.51. The largest absolute Gasteiger partial charge is 0.346 e. The first-order chi connectivity index (χ1) is 5.84. The van der Waals surface area contributed by atoms with Crippen LogP contribution in [0.2, 0.25) is 0 Å². The monoisotopic (exact) mass is 274 g/mol. The highest BCUT2D eigenvalue weighted by Gasteiger charge is 2.33. The first-order valence-electron chi connectivity index (χ1n) is 2.40. The number of hydrogen-bond acceptors (Lipinski definition) is 6. The van der Waals surface area contributed by atoms with Crippen molar-refractivity contribution < 1.29 is 36.9 Å². The van der Waals surface area contributed by atoms with Gasteiger partial charge in [0, 0.05) is 0 Å². The quantitative estimate of drug-likeness (QED) is 0.654. The van der Waals surface area contributed by atoms with Crippen LogP contribution in [0.1, 0.15) is 0 Å². The van der Waals surface area contributed by atoms with Gasteiger partial charge in [-0.25, -0.2) is 0 Å². The molecule has 0 saturated carbocycles. The van der Waals surface area contributed by atoms with Crippen LogP contribution < -0.4 is 0 Å². The van der Waals surface area contributed by atoms with Crippen molar-refractivity contribution in [1.82, 2.24) is 0 Å². The molecule has 0 spiro atoms. The van der Waals surface area contributed by atoms with E-state index in [-0.39, 0.29) is 0 Å². The normalized spacial score (nSPS) is 13.6. The standard InChI is InChI=1S/C2HF3O6S3/c3-12(6,7)1-2(13(4,8)9)14(5,10)11/h1H. The Kier molecular flexibility index (Phi) is 3.35. The lowest BCUT2D eigenvalue weighted by Gasteiger charge is -1.93. The van der Waals surface area contributed by atoms with E-state index < -0.39 is 40.3 Å². The van der Waals surface area contributed by atoms with Crippen LogP contribution in [0.3, 0.4) is 0 Å². The molecule has 0 bridgehead atoms. The van der Waals surface area contributed by atoms with E-state index in [1.54, 1.807) is 0 Å². The minimum absolute atomic E-state index is 1.18. The number of rotatable bonds is 3. The first kappa shape index (κ1) is 13.4. The minimum Gasteiger partial charge on any atom is -0.190 e. The van der Waals surface area contributed by atoms with Gasteiger partial charge in [-0.2, -0.15) is 25.3 Å². The van der Waals surface area contributed by atoms with E-state index in [1.165, 1.54) is 0 Å². The van der Waals surface area contributed by atoms with E-state index in [0.717, 1.165) is 0 Å². The highest BCUT2D eigenvalue weighted by molar-refractivity contribution is 8.10. The van der Waals surface area contributed by atoms with Gasteiger partial charge in [-0.15, -0.1) is 3.89 Å². The molecule has 0 saturated heterocycles. The first-order valence-corrected chi connectivity index (χ1v) is 6.61. The predicted octanol–water partition coefficient (Wildman–Crippen LogP) is -0.317. The van der Waals surface area contributed by atoms with Crippen LogP contribution in [-0.2, 0) is 30.7 Å². The lowest BCUT2D eigenvalue weighted by atomic mass is 11.2. The van der Waals surface area contributed by atoms with E-state index in [0.29, 0.717) is 0 Å². The van der Waals surface area contributed by atoms with Crippen LogP contribution in [0.4, 0.5) is 11.7 Å². The van der Waals surface area contributed by atoms with Crippen LogP contribution >= 0.6 is 0 Å². The molecule has 6 nitrogen and oxygen atoms in total. The van der Waals surface area contributed by atoms with Crippen molar-refractivity contribution in [1.29, 1.82) is 0 Å². The van der Waals surface area contributed by atoms with Crippen LogP contribution in [-0.4, -0.2) is 25.3 Å². The van der Waals surface area contributed by atoms with Crippen molar-refractivity contribution in [3.63, 3.8) is 0 Å². The molecule has 0 fully saturated rings. The van der Waals surface area contributed by atoms with Gasteiger partial charge in [0.05, 0.1) is 5.41 Å².